The Labute approximate surface area is 157 Å². The molecule has 0 aliphatic heterocycles. The van der Waals surface area contributed by atoms with E-state index in [1.807, 2.05) is 0 Å². The molecule has 0 N–H and O–H groups in total. The second kappa shape index (κ2) is 6.13. The Morgan fingerprint density at radius 3 is 2.44 bits per heavy atom. The van der Waals surface area contributed by atoms with Crippen molar-refractivity contribution in [3.8, 4) is 16.9 Å². The van der Waals surface area contributed by atoms with Gasteiger partial charge in [0.15, 0.2) is 5.82 Å². The van der Waals surface area contributed by atoms with Crippen LogP contribution in [0.5, 0.6) is 0 Å². The van der Waals surface area contributed by atoms with E-state index in [0.29, 0.717) is 28.5 Å². The molecule has 138 valence electrons. The topological polar surface area (TPSA) is 35.6 Å². The highest BCUT2D eigenvalue weighted by atomic mass is 35.5. The van der Waals surface area contributed by atoms with E-state index >= 15 is 0 Å². The van der Waals surface area contributed by atoms with Gasteiger partial charge in [-0.25, -0.2) is 18.2 Å². The highest BCUT2D eigenvalue weighted by Gasteiger charge is 2.24. The predicted molar refractivity (Wildman–Crippen MR) is 97.6 cm³/mol. The molecule has 0 amide bonds. The third-order valence-corrected chi connectivity index (χ3v) is 4.75. The van der Waals surface area contributed by atoms with Crippen LogP contribution in [0.4, 0.5) is 13.2 Å². The monoisotopic (exact) mass is 390 g/mol. The third kappa shape index (κ3) is 2.70. The molecule has 8 heteroatoms. The Kier molecular flexibility index (Phi) is 3.99. The molecule has 0 aliphatic rings. The van der Waals surface area contributed by atoms with Crippen molar-refractivity contribution in [2.75, 3.05) is 0 Å². The molecule has 2 heterocycles. The van der Waals surface area contributed by atoms with Crippen LogP contribution >= 0.6 is 11.6 Å². The van der Waals surface area contributed by atoms with Gasteiger partial charge in [0.1, 0.15) is 28.8 Å². The molecule has 2 aromatic carbocycles. The molecule has 2 aromatic heterocycles. The number of nitrogens with zero attached hydrogens (tertiary/aromatic N) is 4. The fourth-order valence-electron chi connectivity index (χ4n) is 3.41. The molecular weight excluding hydrogens is 377 g/mol. The third-order valence-electron chi connectivity index (χ3n) is 4.44. The first kappa shape index (κ1) is 17.6. The molecule has 0 saturated heterocycles. The zero-order valence-corrected chi connectivity index (χ0v) is 15.4. The summed E-state index contributed by atoms with van der Waals surface area (Å²) in [5, 5.41) is 4.63. The number of fused-ring (bicyclic) bond motifs is 1. The molecule has 27 heavy (non-hydrogen) atoms. The lowest BCUT2D eigenvalue weighted by molar-refractivity contribution is 0.588. The number of aromatic nitrogens is 4. The average molecular weight is 391 g/mol. The summed E-state index contributed by atoms with van der Waals surface area (Å²) in [6, 6.07) is 6.05. The summed E-state index contributed by atoms with van der Waals surface area (Å²) in [4.78, 5) is 4.28. The molecule has 0 radical (unpaired) electrons. The normalized spacial score (nSPS) is 11.5. The van der Waals surface area contributed by atoms with Gasteiger partial charge in [0.2, 0.25) is 0 Å². The van der Waals surface area contributed by atoms with Gasteiger partial charge in [0.25, 0.3) is 0 Å². The van der Waals surface area contributed by atoms with E-state index in [4.69, 9.17) is 11.6 Å². The van der Waals surface area contributed by atoms with Crippen molar-refractivity contribution in [2.45, 2.75) is 13.8 Å². The Hall–Kier alpha value is -2.80. The zero-order chi connectivity index (χ0) is 19.5. The van der Waals surface area contributed by atoms with E-state index in [-0.39, 0.29) is 16.1 Å². The summed E-state index contributed by atoms with van der Waals surface area (Å²) in [6.07, 6.45) is 0. The van der Waals surface area contributed by atoms with Gasteiger partial charge in [-0.2, -0.15) is 5.10 Å². The van der Waals surface area contributed by atoms with Crippen LogP contribution in [0.2, 0.25) is 5.02 Å². The Bertz CT molecular complexity index is 1210. The van der Waals surface area contributed by atoms with Gasteiger partial charge in [-0.1, -0.05) is 11.6 Å². The highest BCUT2D eigenvalue weighted by molar-refractivity contribution is 6.33. The van der Waals surface area contributed by atoms with Crippen LogP contribution in [0.3, 0.4) is 0 Å². The second-order valence-corrected chi connectivity index (χ2v) is 6.69. The minimum absolute atomic E-state index is 0.136. The van der Waals surface area contributed by atoms with E-state index in [9.17, 15) is 13.2 Å². The molecule has 0 atom stereocenters. The van der Waals surface area contributed by atoms with Crippen molar-refractivity contribution in [3.63, 3.8) is 0 Å². The fraction of sp³-hybridized carbons (Fsp3) is 0.158. The van der Waals surface area contributed by atoms with E-state index in [2.05, 4.69) is 10.1 Å². The van der Waals surface area contributed by atoms with Crippen LogP contribution in [0.25, 0.3) is 28.0 Å². The average Bonchev–Trinajstić information content (AvgIpc) is 3.03. The van der Waals surface area contributed by atoms with Crippen LogP contribution in [0.15, 0.2) is 30.3 Å². The van der Waals surface area contributed by atoms with Crippen LogP contribution in [-0.4, -0.2) is 19.3 Å². The van der Waals surface area contributed by atoms with Crippen molar-refractivity contribution in [2.24, 2.45) is 7.05 Å². The first-order chi connectivity index (χ1) is 12.8. The van der Waals surface area contributed by atoms with Gasteiger partial charge in [-0.05, 0) is 32.0 Å². The smallest absolute Gasteiger partial charge is 0.152 e. The van der Waals surface area contributed by atoms with E-state index in [1.54, 1.807) is 36.2 Å². The number of hydrogen-bond acceptors (Lipinski definition) is 2. The lowest BCUT2D eigenvalue weighted by atomic mass is 10.1. The second-order valence-electron chi connectivity index (χ2n) is 6.28. The largest absolute Gasteiger partial charge is 0.277 e. The lowest BCUT2D eigenvalue weighted by Gasteiger charge is -2.12. The number of rotatable bonds is 2. The minimum atomic E-state index is -0.736. The number of benzene rings is 2. The molecule has 0 bridgehead atoms. The van der Waals surface area contributed by atoms with Crippen molar-refractivity contribution < 1.29 is 13.2 Å². The van der Waals surface area contributed by atoms with Gasteiger partial charge < -0.3 is 0 Å². The van der Waals surface area contributed by atoms with Crippen molar-refractivity contribution in [1.29, 1.82) is 0 Å². The maximum atomic E-state index is 14.6. The van der Waals surface area contributed by atoms with Crippen LogP contribution in [0.1, 0.15) is 11.5 Å². The van der Waals surface area contributed by atoms with Crippen molar-refractivity contribution in [3.05, 3.63) is 64.3 Å². The van der Waals surface area contributed by atoms with Crippen LogP contribution in [0, 0.1) is 31.3 Å². The molecule has 4 rings (SSSR count). The number of aryl methyl sites for hydroxylation is 3. The van der Waals surface area contributed by atoms with E-state index in [0.717, 1.165) is 6.07 Å². The van der Waals surface area contributed by atoms with Gasteiger partial charge in [-0.3, -0.25) is 9.25 Å². The van der Waals surface area contributed by atoms with Gasteiger partial charge >= 0.3 is 0 Å². The molecular formula is C19H14ClF3N4. The summed E-state index contributed by atoms with van der Waals surface area (Å²) in [5.74, 6) is -0.936. The first-order valence-electron chi connectivity index (χ1n) is 8.11. The summed E-state index contributed by atoms with van der Waals surface area (Å²) >= 11 is 6.26. The van der Waals surface area contributed by atoms with Gasteiger partial charge in [0.05, 0.1) is 16.2 Å². The quantitative estimate of drug-likeness (QED) is 0.476. The van der Waals surface area contributed by atoms with Gasteiger partial charge in [-0.15, -0.1) is 0 Å². The van der Waals surface area contributed by atoms with Crippen molar-refractivity contribution in [1.82, 2.24) is 19.3 Å². The summed E-state index contributed by atoms with van der Waals surface area (Å²) < 4.78 is 44.8. The Balaban J connectivity index is 2.10. The maximum absolute atomic E-state index is 14.6. The van der Waals surface area contributed by atoms with E-state index in [1.165, 1.54) is 18.2 Å². The minimum Gasteiger partial charge on any atom is -0.277 e. The highest BCUT2D eigenvalue weighted by Crippen LogP contribution is 2.37. The molecule has 0 aliphatic carbocycles. The zero-order valence-electron chi connectivity index (χ0n) is 14.7. The standard InChI is InChI=1S/C19H14ClF3N4/c1-9-17(13-5-4-11(21)6-14(13)20)19(26(3)25-9)27-10(2)24-16-8-12(22)7-15(23)18(16)27/h4-8H,1-3H3. The molecule has 0 saturated carbocycles. The molecule has 0 spiro atoms. The summed E-state index contributed by atoms with van der Waals surface area (Å²) in [7, 11) is 1.70. The molecule has 4 aromatic rings. The number of hydrogen-bond donors (Lipinski definition) is 0. The first-order valence-corrected chi connectivity index (χ1v) is 8.49. The summed E-state index contributed by atoms with van der Waals surface area (Å²) in [6.45, 7) is 3.47. The summed E-state index contributed by atoms with van der Waals surface area (Å²) in [5.41, 5.74) is 2.14. The fourth-order valence-corrected chi connectivity index (χ4v) is 3.68. The number of halogens is 4. The SMILES string of the molecule is Cc1nn(C)c(-n2c(C)nc3cc(F)cc(F)c32)c1-c1ccc(F)cc1Cl. The number of imidazole rings is 1. The lowest BCUT2D eigenvalue weighted by Crippen LogP contribution is -2.07. The Morgan fingerprint density at radius 2 is 1.74 bits per heavy atom. The Morgan fingerprint density at radius 1 is 1.00 bits per heavy atom. The predicted octanol–water partition coefficient (Wildman–Crippen LogP) is 5.11. The molecule has 4 nitrogen and oxygen atoms in total. The van der Waals surface area contributed by atoms with Crippen LogP contribution < -0.4 is 0 Å². The van der Waals surface area contributed by atoms with Crippen molar-refractivity contribution >= 4 is 22.6 Å². The molecule has 0 fully saturated rings. The molecule has 0 unspecified atom stereocenters. The van der Waals surface area contributed by atoms with Crippen LogP contribution in [-0.2, 0) is 7.05 Å². The maximum Gasteiger partial charge on any atom is 0.152 e. The van der Waals surface area contributed by atoms with E-state index < -0.39 is 17.5 Å². The van der Waals surface area contributed by atoms with Gasteiger partial charge in [0, 0.05) is 30.3 Å².